The van der Waals surface area contributed by atoms with E-state index in [-0.39, 0.29) is 18.1 Å². The van der Waals surface area contributed by atoms with Crippen LogP contribution >= 0.6 is 27.3 Å². The summed E-state index contributed by atoms with van der Waals surface area (Å²) in [5, 5.41) is 12.4. The van der Waals surface area contributed by atoms with Gasteiger partial charge in [-0.3, -0.25) is 14.9 Å². The molecule has 1 aromatic heterocycles. The molecular weight excluding hydrogens is 334 g/mol. The maximum absolute atomic E-state index is 11.8. The number of hydrogen-bond acceptors (Lipinski definition) is 5. The van der Waals surface area contributed by atoms with Crippen LogP contribution in [0.25, 0.3) is 0 Å². The molecule has 7 heteroatoms. The molecule has 0 atom stereocenters. The van der Waals surface area contributed by atoms with Crippen molar-refractivity contribution in [3.63, 3.8) is 0 Å². The fraction of sp³-hybridized carbons (Fsp3) is 0.0833. The van der Waals surface area contributed by atoms with E-state index >= 15 is 0 Å². The molecule has 0 unspecified atom stereocenters. The molecule has 0 aliphatic heterocycles. The van der Waals surface area contributed by atoms with E-state index in [9.17, 15) is 14.9 Å². The van der Waals surface area contributed by atoms with Crippen molar-refractivity contribution in [1.82, 2.24) is 0 Å². The zero-order valence-corrected chi connectivity index (χ0v) is 11.9. The van der Waals surface area contributed by atoms with Crippen molar-refractivity contribution in [2.45, 2.75) is 0 Å². The predicted octanol–water partition coefficient (Wildman–Crippen LogP) is 3.68. The Morgan fingerprint density at radius 1 is 1.42 bits per heavy atom. The lowest BCUT2D eigenvalue weighted by Gasteiger charge is -2.04. The van der Waals surface area contributed by atoms with E-state index in [0.29, 0.717) is 10.6 Å². The van der Waals surface area contributed by atoms with Gasteiger partial charge >= 0.3 is 0 Å². The van der Waals surface area contributed by atoms with Crippen LogP contribution in [0.3, 0.4) is 0 Å². The topological polar surface area (TPSA) is 69.4 Å². The van der Waals surface area contributed by atoms with Gasteiger partial charge in [0.25, 0.3) is 5.69 Å². The number of rotatable bonds is 5. The third-order valence-corrected chi connectivity index (χ3v) is 4.15. The number of nitro groups is 1. The molecule has 1 aromatic carbocycles. The summed E-state index contributed by atoms with van der Waals surface area (Å²) < 4.78 is 6.00. The van der Waals surface area contributed by atoms with Gasteiger partial charge in [0.2, 0.25) is 5.78 Å². The van der Waals surface area contributed by atoms with E-state index in [1.807, 2.05) is 0 Å². The second kappa shape index (κ2) is 5.94. The van der Waals surface area contributed by atoms with Gasteiger partial charge in [-0.1, -0.05) is 6.07 Å². The van der Waals surface area contributed by atoms with E-state index in [1.54, 1.807) is 17.5 Å². The Bertz CT molecular complexity index is 626. The first-order valence-corrected chi connectivity index (χ1v) is 6.88. The molecule has 0 fully saturated rings. The van der Waals surface area contributed by atoms with Crippen molar-refractivity contribution in [3.8, 4) is 5.75 Å². The van der Waals surface area contributed by atoms with Crippen molar-refractivity contribution in [3.05, 3.63) is 55.2 Å². The third kappa shape index (κ3) is 3.39. The number of halogens is 1. The molecule has 0 N–H and O–H groups in total. The lowest BCUT2D eigenvalue weighted by Crippen LogP contribution is -2.10. The minimum Gasteiger partial charge on any atom is -0.485 e. The van der Waals surface area contributed by atoms with E-state index in [4.69, 9.17) is 4.74 Å². The summed E-state index contributed by atoms with van der Waals surface area (Å²) in [6, 6.07) is 7.52. The number of carbonyl (C=O) groups excluding carboxylic acids is 1. The van der Waals surface area contributed by atoms with Crippen LogP contribution in [0.15, 0.2) is 40.2 Å². The number of nitrogens with zero attached hydrogens (tertiary/aromatic N) is 1. The fourth-order valence-corrected chi connectivity index (χ4v) is 2.91. The molecule has 19 heavy (non-hydrogen) atoms. The van der Waals surface area contributed by atoms with Crippen molar-refractivity contribution < 1.29 is 14.5 Å². The minimum absolute atomic E-state index is 0.0674. The van der Waals surface area contributed by atoms with Crippen molar-refractivity contribution in [1.29, 1.82) is 0 Å². The van der Waals surface area contributed by atoms with Crippen LogP contribution in [0.4, 0.5) is 5.69 Å². The molecule has 2 rings (SSSR count). The molecule has 5 nitrogen and oxygen atoms in total. The number of benzene rings is 1. The first-order valence-electron chi connectivity index (χ1n) is 5.21. The molecule has 0 saturated heterocycles. The number of ether oxygens (including phenoxy) is 1. The maximum atomic E-state index is 11.8. The van der Waals surface area contributed by atoms with Crippen molar-refractivity contribution in [2.24, 2.45) is 0 Å². The second-order valence-electron chi connectivity index (χ2n) is 3.56. The van der Waals surface area contributed by atoms with E-state index < -0.39 is 4.92 Å². The van der Waals surface area contributed by atoms with E-state index in [0.717, 1.165) is 4.47 Å². The highest BCUT2D eigenvalue weighted by molar-refractivity contribution is 9.10. The maximum Gasteiger partial charge on any atom is 0.273 e. The Morgan fingerprint density at radius 3 is 2.84 bits per heavy atom. The molecule has 98 valence electrons. The number of carbonyl (C=O) groups is 1. The van der Waals surface area contributed by atoms with E-state index in [2.05, 4.69) is 15.9 Å². The number of hydrogen-bond donors (Lipinski definition) is 0. The second-order valence-corrected chi connectivity index (χ2v) is 5.33. The Labute approximate surface area is 121 Å². The number of ketones is 1. The summed E-state index contributed by atoms with van der Waals surface area (Å²) in [6.07, 6.45) is 0. The van der Waals surface area contributed by atoms with Gasteiger partial charge in [0, 0.05) is 10.5 Å². The Kier molecular flexibility index (Phi) is 4.28. The molecule has 0 bridgehead atoms. The largest absolute Gasteiger partial charge is 0.485 e. The molecule has 0 radical (unpaired) electrons. The quantitative estimate of drug-likeness (QED) is 0.472. The first-order chi connectivity index (χ1) is 9.08. The van der Waals surface area contributed by atoms with Crippen molar-refractivity contribution >= 4 is 38.7 Å². The van der Waals surface area contributed by atoms with Crippen LogP contribution in [0.5, 0.6) is 5.75 Å². The minimum atomic E-state index is -0.509. The van der Waals surface area contributed by atoms with Gasteiger partial charge in [-0.05, 0) is 33.4 Å². The average molecular weight is 342 g/mol. The average Bonchev–Trinajstić information content (AvgIpc) is 2.82. The summed E-state index contributed by atoms with van der Waals surface area (Å²) in [5.41, 5.74) is -0.0674. The molecule has 2 aromatic rings. The van der Waals surface area contributed by atoms with Gasteiger partial charge in [0.15, 0.2) is 6.61 Å². The van der Waals surface area contributed by atoms with Gasteiger partial charge in [-0.25, -0.2) is 0 Å². The SMILES string of the molecule is O=C(COc1cccc([N+](=O)[O-])c1)c1sccc1Br. The highest BCUT2D eigenvalue weighted by Gasteiger charge is 2.13. The van der Waals surface area contributed by atoms with Gasteiger partial charge in [-0.2, -0.15) is 0 Å². The van der Waals surface area contributed by atoms with Crippen LogP contribution in [0.2, 0.25) is 0 Å². The lowest BCUT2D eigenvalue weighted by atomic mass is 10.3. The molecule has 0 saturated carbocycles. The molecule has 0 spiro atoms. The molecule has 0 amide bonds. The number of nitro benzene ring substituents is 1. The highest BCUT2D eigenvalue weighted by atomic mass is 79.9. The van der Waals surface area contributed by atoms with Crippen LogP contribution in [-0.4, -0.2) is 17.3 Å². The zero-order valence-electron chi connectivity index (χ0n) is 9.54. The van der Waals surface area contributed by atoms with Crippen molar-refractivity contribution in [2.75, 3.05) is 6.61 Å². The predicted molar refractivity (Wildman–Crippen MR) is 74.9 cm³/mol. The number of thiophene rings is 1. The lowest BCUT2D eigenvalue weighted by molar-refractivity contribution is -0.384. The Hall–Kier alpha value is -1.73. The van der Waals surface area contributed by atoms with Crippen LogP contribution in [0.1, 0.15) is 9.67 Å². The Balaban J connectivity index is 2.03. The van der Waals surface area contributed by atoms with Gasteiger partial charge in [0.05, 0.1) is 15.9 Å². The van der Waals surface area contributed by atoms with Crippen LogP contribution in [0, 0.1) is 10.1 Å². The zero-order chi connectivity index (χ0) is 13.8. The smallest absolute Gasteiger partial charge is 0.273 e. The van der Waals surface area contributed by atoms with Crippen LogP contribution in [-0.2, 0) is 0 Å². The summed E-state index contributed by atoms with van der Waals surface area (Å²) in [7, 11) is 0. The van der Waals surface area contributed by atoms with Gasteiger partial charge in [0.1, 0.15) is 5.75 Å². The fourth-order valence-electron chi connectivity index (χ4n) is 1.39. The number of non-ortho nitro benzene ring substituents is 1. The molecular formula is C12H8BrNO4S. The molecule has 1 heterocycles. The highest BCUT2D eigenvalue weighted by Crippen LogP contribution is 2.24. The van der Waals surface area contributed by atoms with Crippen LogP contribution < -0.4 is 4.74 Å². The monoisotopic (exact) mass is 341 g/mol. The third-order valence-electron chi connectivity index (χ3n) is 2.27. The van der Waals surface area contributed by atoms with Gasteiger partial charge in [-0.15, -0.1) is 11.3 Å². The Morgan fingerprint density at radius 2 is 2.21 bits per heavy atom. The van der Waals surface area contributed by atoms with Gasteiger partial charge < -0.3 is 4.74 Å². The standard InChI is InChI=1S/C12H8BrNO4S/c13-10-4-5-19-12(10)11(15)7-18-9-3-1-2-8(6-9)14(16)17/h1-6H,7H2. The molecule has 0 aliphatic carbocycles. The number of Topliss-reactive ketones (excluding diaryl/α,β-unsaturated/α-hetero) is 1. The summed E-state index contributed by atoms with van der Waals surface area (Å²) in [4.78, 5) is 22.5. The molecule has 0 aliphatic rings. The normalized spacial score (nSPS) is 10.2. The summed E-state index contributed by atoms with van der Waals surface area (Å²) in [6.45, 7) is -0.152. The summed E-state index contributed by atoms with van der Waals surface area (Å²) in [5.74, 6) is 0.128. The first kappa shape index (κ1) is 13.7. The van der Waals surface area contributed by atoms with E-state index in [1.165, 1.54) is 29.5 Å². The summed E-state index contributed by atoms with van der Waals surface area (Å²) >= 11 is 4.58.